The number of furan rings is 1. The smallest absolute Gasteiger partial charge is 0.340 e. The van der Waals surface area contributed by atoms with E-state index in [2.05, 4.69) is 0 Å². The maximum atomic E-state index is 13.8. The summed E-state index contributed by atoms with van der Waals surface area (Å²) in [5.41, 5.74) is 4.56. The lowest BCUT2D eigenvalue weighted by Crippen LogP contribution is -2.30. The molecular formula is C36H36N2O6S. The minimum atomic E-state index is -3.89. The van der Waals surface area contributed by atoms with Crippen LogP contribution in [0.5, 0.6) is 0 Å². The SMILES string of the molecule is COC(=O)C1=C(C)N([C@@H](C)c2ccccc2)C(=O)/C1=C/c1ccc(CN(Cc2ccc(C)cc2)S(=O)(=O)c2ccc(C)cc2)o1. The Labute approximate surface area is 264 Å². The van der Waals surface area contributed by atoms with Crippen molar-refractivity contribution >= 4 is 28.0 Å². The van der Waals surface area contributed by atoms with Crippen molar-refractivity contribution in [2.75, 3.05) is 7.11 Å². The number of aryl methyl sites for hydroxylation is 2. The van der Waals surface area contributed by atoms with Gasteiger partial charge in [-0.3, -0.25) is 4.79 Å². The molecule has 0 radical (unpaired) electrons. The van der Waals surface area contributed by atoms with Gasteiger partial charge in [0, 0.05) is 12.2 Å². The van der Waals surface area contributed by atoms with Gasteiger partial charge in [-0.1, -0.05) is 77.9 Å². The molecule has 232 valence electrons. The van der Waals surface area contributed by atoms with Gasteiger partial charge in [-0.15, -0.1) is 0 Å². The van der Waals surface area contributed by atoms with Crippen LogP contribution in [0.1, 0.15) is 53.7 Å². The van der Waals surface area contributed by atoms with Crippen molar-refractivity contribution in [3.8, 4) is 0 Å². The van der Waals surface area contributed by atoms with Gasteiger partial charge in [-0.05, 0) is 69.2 Å². The van der Waals surface area contributed by atoms with Crippen LogP contribution in [-0.4, -0.2) is 36.6 Å². The zero-order valence-corrected chi connectivity index (χ0v) is 26.8. The van der Waals surface area contributed by atoms with Crippen molar-refractivity contribution in [3.05, 3.63) is 142 Å². The third-order valence-electron chi connectivity index (χ3n) is 7.94. The molecule has 1 atom stereocenters. The van der Waals surface area contributed by atoms with Crippen LogP contribution in [0.4, 0.5) is 0 Å². The topological polar surface area (TPSA) is 97.1 Å². The first-order valence-electron chi connectivity index (χ1n) is 14.6. The number of sulfonamides is 1. The van der Waals surface area contributed by atoms with Crippen LogP contribution in [0.3, 0.4) is 0 Å². The Balaban J connectivity index is 1.47. The zero-order chi connectivity index (χ0) is 32.3. The molecule has 1 aliphatic heterocycles. The molecule has 1 amide bonds. The predicted octanol–water partition coefficient (Wildman–Crippen LogP) is 6.72. The van der Waals surface area contributed by atoms with Crippen molar-refractivity contribution in [2.24, 2.45) is 0 Å². The van der Waals surface area contributed by atoms with Crippen molar-refractivity contribution in [1.29, 1.82) is 0 Å². The van der Waals surface area contributed by atoms with E-state index in [1.807, 2.05) is 75.4 Å². The molecule has 0 bridgehead atoms. The Kier molecular flexibility index (Phi) is 9.22. The molecule has 3 aromatic carbocycles. The number of carbonyl (C=O) groups excluding carboxylic acids is 2. The molecule has 45 heavy (non-hydrogen) atoms. The highest BCUT2D eigenvalue weighted by atomic mass is 32.2. The third kappa shape index (κ3) is 6.69. The summed E-state index contributed by atoms with van der Waals surface area (Å²) in [7, 11) is -2.62. The van der Waals surface area contributed by atoms with Crippen LogP contribution in [0.15, 0.2) is 117 Å². The second-order valence-corrected chi connectivity index (χ2v) is 13.1. The van der Waals surface area contributed by atoms with Crippen molar-refractivity contribution in [3.63, 3.8) is 0 Å². The largest absolute Gasteiger partial charge is 0.465 e. The summed E-state index contributed by atoms with van der Waals surface area (Å²) < 4.78 is 40.1. The first kappa shape index (κ1) is 31.7. The van der Waals surface area contributed by atoms with Crippen LogP contribution in [0.2, 0.25) is 0 Å². The number of nitrogens with zero attached hydrogens (tertiary/aromatic N) is 2. The molecule has 8 nitrogen and oxygen atoms in total. The molecule has 0 unspecified atom stereocenters. The monoisotopic (exact) mass is 624 g/mol. The first-order chi connectivity index (χ1) is 21.5. The molecule has 0 spiro atoms. The molecule has 0 saturated heterocycles. The summed E-state index contributed by atoms with van der Waals surface area (Å²) in [4.78, 5) is 28.4. The second kappa shape index (κ2) is 13.1. The van der Waals surface area contributed by atoms with Crippen LogP contribution < -0.4 is 0 Å². The van der Waals surface area contributed by atoms with E-state index in [1.54, 1.807) is 48.2 Å². The van der Waals surface area contributed by atoms with Gasteiger partial charge in [-0.2, -0.15) is 4.31 Å². The molecule has 4 aromatic rings. The van der Waals surface area contributed by atoms with E-state index in [1.165, 1.54) is 17.5 Å². The number of esters is 1. The number of methoxy groups -OCH3 is 1. The molecule has 5 rings (SSSR count). The third-order valence-corrected chi connectivity index (χ3v) is 9.75. The highest BCUT2D eigenvalue weighted by Gasteiger charge is 2.40. The van der Waals surface area contributed by atoms with Crippen LogP contribution >= 0.6 is 0 Å². The van der Waals surface area contributed by atoms with Crippen LogP contribution in [0, 0.1) is 13.8 Å². The minimum absolute atomic E-state index is 0.0445. The maximum Gasteiger partial charge on any atom is 0.340 e. The Morgan fingerprint density at radius 2 is 1.51 bits per heavy atom. The van der Waals surface area contributed by atoms with E-state index in [-0.39, 0.29) is 41.1 Å². The standard InChI is InChI=1S/C36H36N2O6S/c1-24-11-15-28(16-12-24)22-37(45(41,42)32-19-13-25(2)14-20-32)23-31-18-17-30(44-31)21-33-34(36(40)43-5)27(4)38(35(33)39)26(3)29-9-7-6-8-10-29/h6-21,26H,22-23H2,1-5H3/b33-21+/t26-/m0/s1. The Morgan fingerprint density at radius 3 is 2.13 bits per heavy atom. The molecule has 0 fully saturated rings. The molecule has 2 heterocycles. The molecule has 1 aliphatic rings. The zero-order valence-electron chi connectivity index (χ0n) is 26.0. The van der Waals surface area contributed by atoms with Gasteiger partial charge in [-0.25, -0.2) is 13.2 Å². The molecule has 0 saturated carbocycles. The van der Waals surface area contributed by atoms with E-state index >= 15 is 0 Å². The lowest BCUT2D eigenvalue weighted by Gasteiger charge is -2.26. The summed E-state index contributed by atoms with van der Waals surface area (Å²) in [6, 6.07) is 27.0. The van der Waals surface area contributed by atoms with Gasteiger partial charge >= 0.3 is 5.97 Å². The number of amides is 1. The lowest BCUT2D eigenvalue weighted by atomic mass is 10.1. The number of benzene rings is 3. The first-order valence-corrected chi connectivity index (χ1v) is 16.0. The van der Waals surface area contributed by atoms with Gasteiger partial charge in [0.2, 0.25) is 10.0 Å². The van der Waals surface area contributed by atoms with E-state index in [4.69, 9.17) is 9.15 Å². The lowest BCUT2D eigenvalue weighted by molar-refractivity contribution is -0.136. The van der Waals surface area contributed by atoms with Crippen molar-refractivity contribution < 1.29 is 27.2 Å². The molecular weight excluding hydrogens is 588 g/mol. The fraction of sp³-hybridized carbons (Fsp3) is 0.222. The van der Waals surface area contributed by atoms with Crippen LogP contribution in [0.25, 0.3) is 6.08 Å². The molecule has 0 aliphatic carbocycles. The number of hydrogen-bond acceptors (Lipinski definition) is 6. The van der Waals surface area contributed by atoms with E-state index < -0.39 is 16.0 Å². The summed E-state index contributed by atoms with van der Waals surface area (Å²) in [6.07, 6.45) is 1.51. The van der Waals surface area contributed by atoms with Crippen molar-refractivity contribution in [1.82, 2.24) is 9.21 Å². The molecule has 0 N–H and O–H groups in total. The normalized spacial score (nSPS) is 15.3. The summed E-state index contributed by atoms with van der Waals surface area (Å²) in [5.74, 6) is -0.301. The number of rotatable bonds is 10. The quantitative estimate of drug-likeness (QED) is 0.144. The maximum absolute atomic E-state index is 13.8. The number of carbonyl (C=O) groups is 2. The Bertz CT molecular complexity index is 1870. The van der Waals surface area contributed by atoms with E-state index in [9.17, 15) is 18.0 Å². The fourth-order valence-corrected chi connectivity index (χ4v) is 6.79. The van der Waals surface area contributed by atoms with Gasteiger partial charge in [0.1, 0.15) is 11.5 Å². The second-order valence-electron chi connectivity index (χ2n) is 11.1. The van der Waals surface area contributed by atoms with Gasteiger partial charge in [0.05, 0.1) is 35.7 Å². The van der Waals surface area contributed by atoms with E-state index in [0.29, 0.717) is 17.2 Å². The summed E-state index contributed by atoms with van der Waals surface area (Å²) >= 11 is 0. The number of ether oxygens (including phenoxy) is 1. The molecule has 9 heteroatoms. The van der Waals surface area contributed by atoms with E-state index in [0.717, 1.165) is 22.3 Å². The van der Waals surface area contributed by atoms with Gasteiger partial charge < -0.3 is 14.1 Å². The Morgan fingerprint density at radius 1 is 0.889 bits per heavy atom. The van der Waals surface area contributed by atoms with Gasteiger partial charge in [0.25, 0.3) is 5.91 Å². The predicted molar refractivity (Wildman–Crippen MR) is 172 cm³/mol. The highest BCUT2D eigenvalue weighted by Crippen LogP contribution is 2.38. The summed E-state index contributed by atoms with van der Waals surface area (Å²) in [5, 5.41) is 0. The average molecular weight is 625 g/mol. The highest BCUT2D eigenvalue weighted by molar-refractivity contribution is 7.89. The van der Waals surface area contributed by atoms with Crippen LogP contribution in [-0.2, 0) is 37.4 Å². The number of hydrogen-bond donors (Lipinski definition) is 0. The minimum Gasteiger partial charge on any atom is -0.465 e. The Hall–Kier alpha value is -4.73. The number of allylic oxidation sites excluding steroid dienone is 1. The summed E-state index contributed by atoms with van der Waals surface area (Å²) in [6.45, 7) is 7.58. The van der Waals surface area contributed by atoms with Crippen molar-refractivity contribution in [2.45, 2.75) is 51.7 Å². The average Bonchev–Trinajstić information content (AvgIpc) is 3.58. The molecule has 1 aromatic heterocycles. The van der Waals surface area contributed by atoms with Gasteiger partial charge in [0.15, 0.2) is 0 Å². The fourth-order valence-electron chi connectivity index (χ4n) is 5.40.